The van der Waals surface area contributed by atoms with Crippen LogP contribution >= 0.6 is 46.6 Å². The molecule has 80 valence electrons. The molecular weight excluding hydrogens is 277 g/mol. The van der Waals surface area contributed by atoms with E-state index < -0.39 is 0 Å². The Kier molecular flexibility index (Phi) is 3.36. The maximum atomic E-state index is 11.0. The molecule has 1 aliphatic heterocycles. The van der Waals surface area contributed by atoms with Gasteiger partial charge in [0.2, 0.25) is 0 Å². The first kappa shape index (κ1) is 11.4. The molecule has 0 aromatic heterocycles. The second-order valence-corrected chi connectivity index (χ2v) is 5.38. The van der Waals surface area contributed by atoms with Crippen LogP contribution in [0.2, 0.25) is 15.1 Å². The van der Waals surface area contributed by atoms with Gasteiger partial charge in [-0.2, -0.15) is 0 Å². The standard InChI is InChI=1S/C9H6Cl3NOS/c10-5-2-1-4(7(11)8(5)12)6-3-13-9(14)15-6/h1-2,6H,3H2,(H,13,14). The average Bonchev–Trinajstić information content (AvgIpc) is 2.61. The van der Waals surface area contributed by atoms with E-state index in [1.807, 2.05) is 0 Å². The third kappa shape index (κ3) is 2.21. The summed E-state index contributed by atoms with van der Waals surface area (Å²) in [6.45, 7) is 0.571. The van der Waals surface area contributed by atoms with E-state index in [1.54, 1.807) is 12.1 Å². The summed E-state index contributed by atoms with van der Waals surface area (Å²) in [6, 6.07) is 3.49. The number of nitrogens with one attached hydrogen (secondary N) is 1. The van der Waals surface area contributed by atoms with Crippen LogP contribution < -0.4 is 5.32 Å². The van der Waals surface area contributed by atoms with Gasteiger partial charge < -0.3 is 5.32 Å². The molecule has 2 nitrogen and oxygen atoms in total. The molecule has 1 aromatic carbocycles. The number of halogens is 3. The lowest BCUT2D eigenvalue weighted by molar-refractivity contribution is 0.262. The lowest BCUT2D eigenvalue weighted by Gasteiger charge is -2.10. The molecule has 15 heavy (non-hydrogen) atoms. The van der Waals surface area contributed by atoms with Crippen LogP contribution in [0.25, 0.3) is 0 Å². The second-order valence-electron chi connectivity index (χ2n) is 3.04. The van der Waals surface area contributed by atoms with Crippen LogP contribution in [0.4, 0.5) is 4.79 Å². The maximum absolute atomic E-state index is 11.0. The van der Waals surface area contributed by atoms with Crippen molar-refractivity contribution in [1.82, 2.24) is 5.32 Å². The summed E-state index contributed by atoms with van der Waals surface area (Å²) in [6.07, 6.45) is 0. The van der Waals surface area contributed by atoms with Gasteiger partial charge in [-0.25, -0.2) is 0 Å². The van der Waals surface area contributed by atoms with Crippen molar-refractivity contribution in [3.05, 3.63) is 32.8 Å². The molecule has 1 amide bonds. The lowest BCUT2D eigenvalue weighted by atomic mass is 10.1. The van der Waals surface area contributed by atoms with Crippen LogP contribution in [0.3, 0.4) is 0 Å². The summed E-state index contributed by atoms with van der Waals surface area (Å²) < 4.78 is 0. The Morgan fingerprint density at radius 2 is 2.00 bits per heavy atom. The molecule has 2 rings (SSSR count). The van der Waals surface area contributed by atoms with E-state index >= 15 is 0 Å². The van der Waals surface area contributed by atoms with Gasteiger partial charge in [0.05, 0.1) is 20.3 Å². The summed E-state index contributed by atoms with van der Waals surface area (Å²) in [7, 11) is 0. The normalized spacial score (nSPS) is 20.5. The highest BCUT2D eigenvalue weighted by Gasteiger charge is 2.26. The predicted octanol–water partition coefficient (Wildman–Crippen LogP) is 4.14. The molecule has 0 radical (unpaired) electrons. The zero-order valence-corrected chi connectivity index (χ0v) is 10.5. The Morgan fingerprint density at radius 3 is 2.60 bits per heavy atom. The molecule has 1 aromatic rings. The second kappa shape index (κ2) is 4.42. The van der Waals surface area contributed by atoms with Gasteiger partial charge in [-0.3, -0.25) is 4.79 Å². The number of hydrogen-bond acceptors (Lipinski definition) is 2. The lowest BCUT2D eigenvalue weighted by Crippen LogP contribution is -2.11. The number of carbonyl (C=O) groups is 1. The van der Waals surface area contributed by atoms with E-state index in [2.05, 4.69) is 5.32 Å². The van der Waals surface area contributed by atoms with Gasteiger partial charge in [-0.1, -0.05) is 52.6 Å². The first-order valence-corrected chi connectivity index (χ1v) is 6.19. The van der Waals surface area contributed by atoms with Gasteiger partial charge in [-0.15, -0.1) is 0 Å². The van der Waals surface area contributed by atoms with E-state index in [0.29, 0.717) is 21.6 Å². The molecule has 0 aliphatic carbocycles. The van der Waals surface area contributed by atoms with Crippen LogP contribution in [0.1, 0.15) is 10.8 Å². The molecule has 1 fully saturated rings. The third-order valence-electron chi connectivity index (χ3n) is 2.09. The molecular formula is C9H6Cl3NOS. The predicted molar refractivity (Wildman–Crippen MR) is 65.2 cm³/mol. The fraction of sp³-hybridized carbons (Fsp3) is 0.222. The fourth-order valence-corrected chi connectivity index (χ4v) is 3.01. The highest BCUT2D eigenvalue weighted by molar-refractivity contribution is 8.14. The molecule has 1 aliphatic rings. The van der Waals surface area contributed by atoms with Gasteiger partial charge in [0.1, 0.15) is 0 Å². The van der Waals surface area contributed by atoms with Crippen LogP contribution in [-0.4, -0.2) is 11.8 Å². The Balaban J connectivity index is 2.37. The number of hydrogen-bond donors (Lipinski definition) is 1. The zero-order valence-electron chi connectivity index (χ0n) is 7.39. The maximum Gasteiger partial charge on any atom is 0.279 e. The van der Waals surface area contributed by atoms with Gasteiger partial charge >= 0.3 is 0 Å². The number of rotatable bonds is 1. The summed E-state index contributed by atoms with van der Waals surface area (Å²) in [5.74, 6) is 0. The largest absolute Gasteiger partial charge is 0.345 e. The SMILES string of the molecule is O=C1NCC(c2ccc(Cl)c(Cl)c2Cl)S1. The molecule has 6 heteroatoms. The summed E-state index contributed by atoms with van der Waals surface area (Å²) in [5.41, 5.74) is 0.842. The molecule has 1 atom stereocenters. The summed E-state index contributed by atoms with van der Waals surface area (Å²) in [5, 5.41) is 3.89. The van der Waals surface area contributed by atoms with Gasteiger partial charge in [0.25, 0.3) is 5.24 Å². The number of benzene rings is 1. The molecule has 1 unspecified atom stereocenters. The minimum atomic E-state index is -0.0397. The van der Waals surface area contributed by atoms with E-state index in [9.17, 15) is 4.79 Å². The van der Waals surface area contributed by atoms with Crippen molar-refractivity contribution in [3.63, 3.8) is 0 Å². The Labute approximate surface area is 106 Å². The van der Waals surface area contributed by atoms with Crippen LogP contribution in [0, 0.1) is 0 Å². The fourth-order valence-electron chi connectivity index (χ4n) is 1.35. The van der Waals surface area contributed by atoms with Crippen molar-refractivity contribution in [1.29, 1.82) is 0 Å². The van der Waals surface area contributed by atoms with Crippen LogP contribution in [-0.2, 0) is 0 Å². The Morgan fingerprint density at radius 1 is 1.27 bits per heavy atom. The third-order valence-corrected chi connectivity index (χ3v) is 4.46. The van der Waals surface area contributed by atoms with Crippen molar-refractivity contribution < 1.29 is 4.79 Å². The average molecular weight is 283 g/mol. The highest BCUT2D eigenvalue weighted by atomic mass is 35.5. The first-order valence-electron chi connectivity index (χ1n) is 4.17. The topological polar surface area (TPSA) is 29.1 Å². The smallest absolute Gasteiger partial charge is 0.279 e. The van der Waals surface area contributed by atoms with Crippen LogP contribution in [0.15, 0.2) is 12.1 Å². The molecule has 1 saturated heterocycles. The quantitative estimate of drug-likeness (QED) is 0.784. The van der Waals surface area contributed by atoms with Gasteiger partial charge in [-0.05, 0) is 11.6 Å². The van der Waals surface area contributed by atoms with Gasteiger partial charge in [0, 0.05) is 6.54 Å². The summed E-state index contributed by atoms with van der Waals surface area (Å²) >= 11 is 19.0. The first-order chi connectivity index (χ1) is 7.09. The minimum Gasteiger partial charge on any atom is -0.345 e. The molecule has 0 saturated carbocycles. The minimum absolute atomic E-state index is 0.0137. The van der Waals surface area contributed by atoms with Crippen molar-refractivity contribution in [2.45, 2.75) is 5.25 Å². The summed E-state index contributed by atoms with van der Waals surface area (Å²) in [4.78, 5) is 11.0. The van der Waals surface area contributed by atoms with Crippen molar-refractivity contribution >= 4 is 51.8 Å². The van der Waals surface area contributed by atoms with Crippen molar-refractivity contribution in [2.75, 3.05) is 6.54 Å². The molecule has 0 spiro atoms. The molecule has 0 bridgehead atoms. The van der Waals surface area contributed by atoms with E-state index in [4.69, 9.17) is 34.8 Å². The number of amides is 1. The van der Waals surface area contributed by atoms with Crippen molar-refractivity contribution in [3.8, 4) is 0 Å². The van der Waals surface area contributed by atoms with Gasteiger partial charge in [0.15, 0.2) is 0 Å². The van der Waals surface area contributed by atoms with E-state index in [-0.39, 0.29) is 10.5 Å². The van der Waals surface area contributed by atoms with E-state index in [0.717, 1.165) is 5.56 Å². The number of thioether (sulfide) groups is 1. The Hall–Kier alpha value is -0.0900. The Bertz CT molecular complexity index is 424. The molecule has 1 N–H and O–H groups in total. The molecule has 1 heterocycles. The van der Waals surface area contributed by atoms with E-state index in [1.165, 1.54) is 11.8 Å². The van der Waals surface area contributed by atoms with Crippen LogP contribution in [0.5, 0.6) is 0 Å². The zero-order chi connectivity index (χ0) is 11.0. The highest BCUT2D eigenvalue weighted by Crippen LogP contribution is 2.41. The number of carbonyl (C=O) groups excluding carboxylic acids is 1. The van der Waals surface area contributed by atoms with Crippen molar-refractivity contribution in [2.24, 2.45) is 0 Å². The monoisotopic (exact) mass is 281 g/mol.